The number of nitrogens with two attached hydrogens (primary N) is 1. The average Bonchev–Trinajstić information content (AvgIpc) is 2.80. The van der Waals surface area contributed by atoms with Crippen molar-refractivity contribution in [1.82, 2.24) is 0 Å². The molecule has 0 spiro atoms. The number of benzene rings is 2. The van der Waals surface area contributed by atoms with Gasteiger partial charge in [-0.15, -0.1) is 0 Å². The van der Waals surface area contributed by atoms with Crippen molar-refractivity contribution in [3.8, 4) is 0 Å². The number of primary amides is 1. The normalized spacial score (nSPS) is 19.1. The summed E-state index contributed by atoms with van der Waals surface area (Å²) in [7, 11) is 0. The van der Waals surface area contributed by atoms with Crippen molar-refractivity contribution in [2.24, 2.45) is 5.73 Å². The largest absolute Gasteiger partial charge is 0.368 e. The summed E-state index contributed by atoms with van der Waals surface area (Å²) in [6.45, 7) is 0. The van der Waals surface area contributed by atoms with E-state index in [1.54, 1.807) is 0 Å². The summed E-state index contributed by atoms with van der Waals surface area (Å²) < 4.78 is 0. The van der Waals surface area contributed by atoms with E-state index in [4.69, 9.17) is 5.73 Å². The highest BCUT2D eigenvalue weighted by Crippen LogP contribution is 2.29. The lowest BCUT2D eigenvalue weighted by molar-refractivity contribution is -0.121. The van der Waals surface area contributed by atoms with Gasteiger partial charge in [-0.2, -0.15) is 0 Å². The predicted molar refractivity (Wildman–Crippen MR) is 73.7 cm³/mol. The Kier molecular flexibility index (Phi) is 2.71. The van der Waals surface area contributed by atoms with Crippen molar-refractivity contribution in [2.45, 2.75) is 18.9 Å². The first kappa shape index (κ1) is 11.7. The Morgan fingerprint density at radius 3 is 2.63 bits per heavy atom. The van der Waals surface area contributed by atoms with Gasteiger partial charge in [0, 0.05) is 12.1 Å². The van der Waals surface area contributed by atoms with Crippen LogP contribution in [0.3, 0.4) is 0 Å². The van der Waals surface area contributed by atoms with E-state index in [-0.39, 0.29) is 5.91 Å². The van der Waals surface area contributed by atoms with Gasteiger partial charge in [0.25, 0.3) is 0 Å². The number of hydrogen-bond acceptors (Lipinski definition) is 2. The molecule has 1 saturated heterocycles. The molecular weight excluding hydrogens is 240 g/mol. The first-order valence-electron chi connectivity index (χ1n) is 6.27. The summed E-state index contributed by atoms with van der Waals surface area (Å²) in [5.74, 6) is -0.488. The van der Waals surface area contributed by atoms with Crippen molar-refractivity contribution >= 4 is 28.3 Å². The van der Waals surface area contributed by atoms with Crippen LogP contribution in [0.4, 0.5) is 5.69 Å². The number of fused-ring (bicyclic) bond motifs is 1. The fourth-order valence-corrected chi connectivity index (χ4v) is 2.60. The minimum atomic E-state index is -0.520. The van der Waals surface area contributed by atoms with E-state index >= 15 is 0 Å². The second kappa shape index (κ2) is 4.39. The van der Waals surface area contributed by atoms with Crippen LogP contribution in [0.15, 0.2) is 42.5 Å². The summed E-state index contributed by atoms with van der Waals surface area (Å²) >= 11 is 0. The number of carbonyl (C=O) groups is 2. The third-order valence-corrected chi connectivity index (χ3v) is 3.55. The van der Waals surface area contributed by atoms with E-state index < -0.39 is 11.9 Å². The van der Waals surface area contributed by atoms with Crippen LogP contribution in [-0.2, 0) is 9.59 Å². The Balaban J connectivity index is 2.07. The van der Waals surface area contributed by atoms with E-state index in [2.05, 4.69) is 0 Å². The molecule has 1 aliphatic heterocycles. The highest BCUT2D eigenvalue weighted by molar-refractivity contribution is 6.04. The highest BCUT2D eigenvalue weighted by Gasteiger charge is 2.35. The summed E-state index contributed by atoms with van der Waals surface area (Å²) in [6, 6.07) is 13.1. The molecule has 2 N–H and O–H groups in total. The van der Waals surface area contributed by atoms with Crippen LogP contribution in [0.2, 0.25) is 0 Å². The monoisotopic (exact) mass is 254 g/mol. The number of rotatable bonds is 2. The molecule has 1 aliphatic rings. The third kappa shape index (κ3) is 1.95. The topological polar surface area (TPSA) is 63.4 Å². The van der Waals surface area contributed by atoms with Crippen LogP contribution in [0.1, 0.15) is 12.8 Å². The molecule has 0 aromatic heterocycles. The average molecular weight is 254 g/mol. The van der Waals surface area contributed by atoms with E-state index in [0.29, 0.717) is 12.8 Å². The Morgan fingerprint density at radius 1 is 1.16 bits per heavy atom. The van der Waals surface area contributed by atoms with E-state index in [0.717, 1.165) is 16.5 Å². The first-order valence-corrected chi connectivity index (χ1v) is 6.27. The van der Waals surface area contributed by atoms with Crippen molar-refractivity contribution < 1.29 is 9.59 Å². The number of carbonyl (C=O) groups excluding carboxylic acids is 2. The van der Waals surface area contributed by atoms with Gasteiger partial charge < -0.3 is 5.73 Å². The lowest BCUT2D eigenvalue weighted by Gasteiger charge is -2.22. The Morgan fingerprint density at radius 2 is 1.89 bits per heavy atom. The fraction of sp³-hybridized carbons (Fsp3) is 0.200. The molecule has 2 amide bonds. The van der Waals surface area contributed by atoms with Gasteiger partial charge >= 0.3 is 0 Å². The molecule has 0 radical (unpaired) electrons. The van der Waals surface area contributed by atoms with Gasteiger partial charge in [-0.05, 0) is 29.3 Å². The molecule has 96 valence electrons. The second-order valence-corrected chi connectivity index (χ2v) is 4.75. The van der Waals surface area contributed by atoms with Crippen LogP contribution in [0.25, 0.3) is 10.8 Å². The first-order chi connectivity index (χ1) is 9.16. The van der Waals surface area contributed by atoms with Gasteiger partial charge in [-0.1, -0.05) is 30.3 Å². The van der Waals surface area contributed by atoms with E-state index in [1.807, 2.05) is 42.5 Å². The molecule has 1 heterocycles. The summed E-state index contributed by atoms with van der Waals surface area (Å²) in [5, 5.41) is 2.15. The molecular formula is C15H14N2O2. The smallest absolute Gasteiger partial charge is 0.240 e. The molecule has 2 aromatic carbocycles. The summed E-state index contributed by atoms with van der Waals surface area (Å²) in [5.41, 5.74) is 6.11. The maximum atomic E-state index is 11.9. The maximum absolute atomic E-state index is 11.9. The molecule has 3 rings (SSSR count). The Bertz CT molecular complexity index is 666. The van der Waals surface area contributed by atoms with Crippen molar-refractivity contribution in [3.05, 3.63) is 42.5 Å². The van der Waals surface area contributed by atoms with Crippen LogP contribution in [0.5, 0.6) is 0 Å². The zero-order valence-corrected chi connectivity index (χ0v) is 10.4. The number of hydrogen-bond donors (Lipinski definition) is 1. The zero-order chi connectivity index (χ0) is 13.4. The predicted octanol–water partition coefficient (Wildman–Crippen LogP) is 1.82. The number of anilines is 1. The Labute approximate surface area is 110 Å². The minimum absolute atomic E-state index is 0.0425. The van der Waals surface area contributed by atoms with Gasteiger partial charge in [0.15, 0.2) is 0 Å². The van der Waals surface area contributed by atoms with Gasteiger partial charge in [0.05, 0.1) is 0 Å². The van der Waals surface area contributed by atoms with E-state index in [1.165, 1.54) is 4.90 Å². The van der Waals surface area contributed by atoms with Crippen molar-refractivity contribution in [1.29, 1.82) is 0 Å². The number of amides is 2. The van der Waals surface area contributed by atoms with Crippen LogP contribution < -0.4 is 10.6 Å². The molecule has 0 bridgehead atoms. The fourth-order valence-electron chi connectivity index (χ4n) is 2.60. The van der Waals surface area contributed by atoms with Crippen molar-refractivity contribution in [3.63, 3.8) is 0 Å². The summed E-state index contributed by atoms with van der Waals surface area (Å²) in [6.07, 6.45) is 0.876. The van der Waals surface area contributed by atoms with Crippen LogP contribution >= 0.6 is 0 Å². The van der Waals surface area contributed by atoms with Gasteiger partial charge in [0.1, 0.15) is 6.04 Å². The standard InChI is InChI=1S/C15H14N2O2/c16-15(19)13-7-8-14(18)17(13)12-6-5-10-3-1-2-4-11(10)9-12/h1-6,9,13H,7-8H2,(H2,16,19). The Hall–Kier alpha value is -2.36. The lowest BCUT2D eigenvalue weighted by atomic mass is 10.1. The van der Waals surface area contributed by atoms with E-state index in [9.17, 15) is 9.59 Å². The SMILES string of the molecule is NC(=O)C1CCC(=O)N1c1ccc2ccccc2c1. The molecule has 0 saturated carbocycles. The van der Waals surface area contributed by atoms with Crippen LogP contribution in [0, 0.1) is 0 Å². The second-order valence-electron chi connectivity index (χ2n) is 4.75. The highest BCUT2D eigenvalue weighted by atomic mass is 16.2. The van der Waals surface area contributed by atoms with Gasteiger partial charge in [0.2, 0.25) is 11.8 Å². The molecule has 1 fully saturated rings. The summed E-state index contributed by atoms with van der Waals surface area (Å²) in [4.78, 5) is 24.9. The van der Waals surface area contributed by atoms with Crippen molar-refractivity contribution in [2.75, 3.05) is 4.90 Å². The molecule has 4 heteroatoms. The van der Waals surface area contributed by atoms with Gasteiger partial charge in [-0.25, -0.2) is 0 Å². The molecule has 4 nitrogen and oxygen atoms in total. The quantitative estimate of drug-likeness (QED) is 0.888. The number of nitrogens with zero attached hydrogens (tertiary/aromatic N) is 1. The van der Waals surface area contributed by atoms with Crippen LogP contribution in [-0.4, -0.2) is 17.9 Å². The maximum Gasteiger partial charge on any atom is 0.240 e. The zero-order valence-electron chi connectivity index (χ0n) is 10.4. The molecule has 2 aromatic rings. The molecule has 1 unspecified atom stereocenters. The lowest BCUT2D eigenvalue weighted by Crippen LogP contribution is -2.42. The molecule has 0 aliphatic carbocycles. The minimum Gasteiger partial charge on any atom is -0.368 e. The molecule has 1 atom stereocenters. The molecule has 19 heavy (non-hydrogen) atoms. The van der Waals surface area contributed by atoms with Gasteiger partial charge in [-0.3, -0.25) is 14.5 Å². The third-order valence-electron chi connectivity index (χ3n) is 3.55.